The number of ether oxygens (including phenoxy) is 4. The summed E-state index contributed by atoms with van der Waals surface area (Å²) < 4.78 is 25.3. The van der Waals surface area contributed by atoms with Crippen molar-refractivity contribution in [2.45, 2.75) is 18.6 Å². The van der Waals surface area contributed by atoms with E-state index >= 15 is 0 Å². The van der Waals surface area contributed by atoms with Crippen LogP contribution < -0.4 is 19.9 Å². The van der Waals surface area contributed by atoms with E-state index in [9.17, 15) is 5.26 Å². The number of methoxy groups -OCH3 is 2. The zero-order valence-electron chi connectivity index (χ0n) is 17.2. The fourth-order valence-corrected chi connectivity index (χ4v) is 4.99. The molecule has 158 valence electrons. The van der Waals surface area contributed by atoms with Gasteiger partial charge in [-0.1, -0.05) is 6.07 Å². The highest BCUT2D eigenvalue weighted by Gasteiger charge is 2.43. The molecule has 2 aliphatic heterocycles. The number of benzene rings is 2. The molecule has 1 aromatic heterocycles. The van der Waals surface area contributed by atoms with Gasteiger partial charge in [-0.05, 0) is 52.7 Å². The first-order valence-corrected chi connectivity index (χ1v) is 10.5. The first-order valence-electron chi connectivity index (χ1n) is 9.69. The van der Waals surface area contributed by atoms with E-state index in [1.165, 1.54) is 0 Å². The number of fused-ring (bicyclic) bond motifs is 3. The second-order valence-electron chi connectivity index (χ2n) is 7.66. The predicted octanol–water partition coefficient (Wildman–Crippen LogP) is 4.34. The average molecular weight is 482 g/mol. The van der Waals surface area contributed by atoms with Gasteiger partial charge in [-0.2, -0.15) is 5.26 Å². The third-order valence-corrected chi connectivity index (χ3v) is 6.69. The second kappa shape index (κ2) is 6.94. The SMILES string of the molecule is COc1cc(C2(C)C(C#N)=C(N)Oc3c2ccc2c3ccn2C2CO2)cc(Br)c1OC. The highest BCUT2D eigenvalue weighted by atomic mass is 79.9. The van der Waals surface area contributed by atoms with Gasteiger partial charge in [-0.15, -0.1) is 0 Å². The Balaban J connectivity index is 1.80. The largest absolute Gasteiger partial charge is 0.493 e. The summed E-state index contributed by atoms with van der Waals surface area (Å²) in [6.45, 7) is 2.67. The molecule has 3 aromatic rings. The summed E-state index contributed by atoms with van der Waals surface area (Å²) in [7, 11) is 3.16. The summed E-state index contributed by atoms with van der Waals surface area (Å²) in [6, 6.07) is 12.1. The van der Waals surface area contributed by atoms with E-state index in [0.717, 1.165) is 22.0 Å². The number of nitriles is 1. The number of allylic oxidation sites excluding steroid dienone is 1. The maximum absolute atomic E-state index is 10.0. The quantitative estimate of drug-likeness (QED) is 0.556. The highest BCUT2D eigenvalue weighted by molar-refractivity contribution is 9.10. The molecule has 3 heterocycles. The number of rotatable bonds is 4. The second-order valence-corrected chi connectivity index (χ2v) is 8.51. The lowest BCUT2D eigenvalue weighted by molar-refractivity contribution is 0.350. The summed E-state index contributed by atoms with van der Waals surface area (Å²) in [5.41, 5.74) is 8.43. The van der Waals surface area contributed by atoms with Crippen LogP contribution in [0.2, 0.25) is 0 Å². The van der Waals surface area contributed by atoms with Crippen molar-refractivity contribution in [2.75, 3.05) is 20.8 Å². The van der Waals surface area contributed by atoms with Gasteiger partial charge in [-0.3, -0.25) is 0 Å². The Morgan fingerprint density at radius 2 is 2.03 bits per heavy atom. The first kappa shape index (κ1) is 19.8. The van der Waals surface area contributed by atoms with Crippen LogP contribution in [0, 0.1) is 11.3 Å². The minimum Gasteiger partial charge on any atom is -0.493 e. The standard InChI is InChI=1S/C23H20BrN3O4/c1-23(12-8-16(24)21(29-3)18(9-12)28-2)14-4-5-17-13(6-7-27(17)19-11-30-19)20(14)31-22(26)15(23)10-25/h4-9,19H,11,26H2,1-3H3. The van der Waals surface area contributed by atoms with Crippen molar-refractivity contribution in [2.24, 2.45) is 5.73 Å². The third-order valence-electron chi connectivity index (χ3n) is 6.10. The number of hydrogen-bond donors (Lipinski definition) is 1. The van der Waals surface area contributed by atoms with Gasteiger partial charge in [0, 0.05) is 17.1 Å². The van der Waals surface area contributed by atoms with Crippen molar-refractivity contribution >= 4 is 26.8 Å². The topological polar surface area (TPSA) is 95.0 Å². The minimum atomic E-state index is -0.860. The summed E-state index contributed by atoms with van der Waals surface area (Å²) in [5.74, 6) is 1.86. The molecular weight excluding hydrogens is 462 g/mol. The van der Waals surface area contributed by atoms with Crippen molar-refractivity contribution in [3.63, 3.8) is 0 Å². The molecule has 1 fully saturated rings. The fourth-order valence-electron chi connectivity index (χ4n) is 4.38. The number of epoxide rings is 1. The molecule has 2 atom stereocenters. The lowest BCUT2D eigenvalue weighted by Gasteiger charge is -2.36. The maximum atomic E-state index is 10.0. The molecule has 0 saturated carbocycles. The van der Waals surface area contributed by atoms with Crippen molar-refractivity contribution in [3.8, 4) is 23.3 Å². The van der Waals surface area contributed by atoms with Gasteiger partial charge in [0.25, 0.3) is 0 Å². The van der Waals surface area contributed by atoms with Gasteiger partial charge < -0.3 is 29.2 Å². The van der Waals surface area contributed by atoms with Crippen LogP contribution in [0.15, 0.2) is 52.5 Å². The van der Waals surface area contributed by atoms with E-state index in [1.54, 1.807) is 14.2 Å². The van der Waals surface area contributed by atoms with E-state index in [4.69, 9.17) is 24.7 Å². The van der Waals surface area contributed by atoms with Gasteiger partial charge in [0.15, 0.2) is 17.7 Å². The molecule has 7 nitrogen and oxygen atoms in total. The number of nitrogens with zero attached hydrogens (tertiary/aromatic N) is 2. The van der Waals surface area contributed by atoms with Crippen LogP contribution in [0.25, 0.3) is 10.9 Å². The molecule has 1 saturated heterocycles. The van der Waals surface area contributed by atoms with Crippen LogP contribution in [0.4, 0.5) is 0 Å². The maximum Gasteiger partial charge on any atom is 0.205 e. The van der Waals surface area contributed by atoms with Crippen LogP contribution in [0.5, 0.6) is 17.2 Å². The zero-order chi connectivity index (χ0) is 21.9. The molecule has 2 unspecified atom stereocenters. The Kier molecular flexibility index (Phi) is 4.43. The van der Waals surface area contributed by atoms with E-state index in [0.29, 0.717) is 33.9 Å². The number of aromatic nitrogens is 1. The normalized spacial score (nSPS) is 22.0. The molecular formula is C23H20BrN3O4. The van der Waals surface area contributed by atoms with Crippen LogP contribution in [-0.4, -0.2) is 25.4 Å². The van der Waals surface area contributed by atoms with E-state index in [-0.39, 0.29) is 12.1 Å². The molecule has 0 bridgehead atoms. The Labute approximate surface area is 187 Å². The monoisotopic (exact) mass is 481 g/mol. The molecule has 2 aromatic carbocycles. The molecule has 0 radical (unpaired) electrons. The van der Waals surface area contributed by atoms with Gasteiger partial charge in [0.2, 0.25) is 5.88 Å². The number of nitrogens with two attached hydrogens (primary N) is 1. The Morgan fingerprint density at radius 1 is 1.26 bits per heavy atom. The van der Waals surface area contributed by atoms with Gasteiger partial charge >= 0.3 is 0 Å². The van der Waals surface area contributed by atoms with Gasteiger partial charge in [0.05, 0.1) is 36.2 Å². The predicted molar refractivity (Wildman–Crippen MR) is 118 cm³/mol. The van der Waals surface area contributed by atoms with Crippen LogP contribution >= 0.6 is 15.9 Å². The molecule has 2 aliphatic rings. The molecule has 8 heteroatoms. The fraction of sp³-hybridized carbons (Fsp3) is 0.261. The van der Waals surface area contributed by atoms with Gasteiger partial charge in [0.1, 0.15) is 17.4 Å². The third kappa shape index (κ3) is 2.74. The molecule has 0 amide bonds. The van der Waals surface area contributed by atoms with E-state index in [2.05, 4.69) is 26.6 Å². The molecule has 31 heavy (non-hydrogen) atoms. The summed E-state index contributed by atoms with van der Waals surface area (Å²) in [4.78, 5) is 0. The Bertz CT molecular complexity index is 1300. The summed E-state index contributed by atoms with van der Waals surface area (Å²) >= 11 is 3.57. The first-order chi connectivity index (χ1) is 14.9. The van der Waals surface area contributed by atoms with Crippen LogP contribution in [-0.2, 0) is 10.2 Å². The Morgan fingerprint density at radius 3 is 2.68 bits per heavy atom. The lowest BCUT2D eigenvalue weighted by Crippen LogP contribution is -2.34. The van der Waals surface area contributed by atoms with Gasteiger partial charge in [-0.25, -0.2) is 0 Å². The average Bonchev–Trinajstić information content (AvgIpc) is 3.51. The van der Waals surface area contributed by atoms with Crippen LogP contribution in [0.1, 0.15) is 24.3 Å². The number of hydrogen-bond acceptors (Lipinski definition) is 6. The summed E-state index contributed by atoms with van der Waals surface area (Å²) in [6.07, 6.45) is 2.03. The van der Waals surface area contributed by atoms with E-state index < -0.39 is 5.41 Å². The van der Waals surface area contributed by atoms with Crippen molar-refractivity contribution in [1.29, 1.82) is 5.26 Å². The molecule has 5 rings (SSSR count). The van der Waals surface area contributed by atoms with Crippen molar-refractivity contribution in [1.82, 2.24) is 4.57 Å². The van der Waals surface area contributed by atoms with Crippen molar-refractivity contribution < 1.29 is 18.9 Å². The zero-order valence-corrected chi connectivity index (χ0v) is 18.8. The molecule has 0 spiro atoms. The van der Waals surface area contributed by atoms with Crippen LogP contribution in [0.3, 0.4) is 0 Å². The highest BCUT2D eigenvalue weighted by Crippen LogP contribution is 2.52. The number of halogens is 1. The Hall–Kier alpha value is -3.15. The smallest absolute Gasteiger partial charge is 0.205 e. The van der Waals surface area contributed by atoms with Crippen molar-refractivity contribution in [3.05, 3.63) is 63.6 Å². The molecule has 2 N–H and O–H groups in total. The van der Waals surface area contributed by atoms with E-state index in [1.807, 2.05) is 43.5 Å². The summed E-state index contributed by atoms with van der Waals surface area (Å²) in [5, 5.41) is 10.9. The molecule has 0 aliphatic carbocycles. The lowest BCUT2D eigenvalue weighted by atomic mass is 9.69. The minimum absolute atomic E-state index is 0.0508.